The van der Waals surface area contributed by atoms with E-state index < -0.39 is 17.8 Å². The molecule has 1 aliphatic rings. The quantitative estimate of drug-likeness (QED) is 0.317. The molecule has 0 bridgehead atoms. The van der Waals surface area contributed by atoms with Gasteiger partial charge < -0.3 is 24.5 Å². The number of rotatable bonds is 8. The zero-order chi connectivity index (χ0) is 27.2. The van der Waals surface area contributed by atoms with Crippen molar-refractivity contribution in [1.82, 2.24) is 4.98 Å². The number of pyridine rings is 1. The topological polar surface area (TPSA) is 129 Å². The molecular weight excluding hydrogens is 496 g/mol. The number of benzene rings is 2. The number of carbonyl (C=O) groups is 2. The van der Waals surface area contributed by atoms with Gasteiger partial charge in [-0.2, -0.15) is 5.26 Å². The molecule has 2 aromatic carbocycles. The second kappa shape index (κ2) is 11.5. The summed E-state index contributed by atoms with van der Waals surface area (Å²) in [6.07, 6.45) is 2.60. The molecule has 9 nitrogen and oxygen atoms in total. The van der Waals surface area contributed by atoms with Gasteiger partial charge in [-0.1, -0.05) is 42.5 Å². The molecule has 2 N–H and O–H groups in total. The van der Waals surface area contributed by atoms with Crippen LogP contribution in [0.15, 0.2) is 83.5 Å². The molecule has 9 heteroatoms. The van der Waals surface area contributed by atoms with E-state index in [1.807, 2.05) is 59.5 Å². The largest absolute Gasteiger partial charge is 0.488 e. The molecule has 0 aliphatic carbocycles. The third-order valence-corrected chi connectivity index (χ3v) is 6.60. The number of carbonyl (C=O) groups excluding carboxylic acids is 1. The summed E-state index contributed by atoms with van der Waals surface area (Å²) in [5.41, 5.74) is 2.79. The normalized spacial score (nSPS) is 14.8. The van der Waals surface area contributed by atoms with Crippen LogP contribution in [0, 0.1) is 17.2 Å². The maximum absolute atomic E-state index is 12.9. The summed E-state index contributed by atoms with van der Waals surface area (Å²) in [6.45, 7) is 1.15. The van der Waals surface area contributed by atoms with Crippen LogP contribution >= 0.6 is 0 Å². The number of carboxylic acids is 1. The molecule has 1 saturated heterocycles. The Bertz CT molecular complexity index is 1510. The molecule has 196 valence electrons. The van der Waals surface area contributed by atoms with Gasteiger partial charge in [-0.25, -0.2) is 4.98 Å². The molecule has 0 spiro atoms. The number of amides is 1. The van der Waals surface area contributed by atoms with Crippen molar-refractivity contribution in [2.24, 2.45) is 5.92 Å². The number of hydrogen-bond donors (Lipinski definition) is 2. The Morgan fingerprint density at radius 3 is 2.67 bits per heavy atom. The molecule has 3 heterocycles. The Balaban J connectivity index is 1.57. The molecule has 2 aromatic heterocycles. The van der Waals surface area contributed by atoms with Crippen molar-refractivity contribution < 1.29 is 23.8 Å². The third kappa shape index (κ3) is 5.75. The first-order valence-electron chi connectivity index (χ1n) is 12.6. The summed E-state index contributed by atoms with van der Waals surface area (Å²) in [5.74, 6) is -1.29. The number of nitrogens with one attached hydrogen (secondary N) is 1. The fraction of sp³-hybridized carbons (Fsp3) is 0.200. The van der Waals surface area contributed by atoms with Crippen molar-refractivity contribution in [3.8, 4) is 23.1 Å². The summed E-state index contributed by atoms with van der Waals surface area (Å²) in [4.78, 5) is 31.2. The van der Waals surface area contributed by atoms with Gasteiger partial charge in [0.15, 0.2) is 11.6 Å². The van der Waals surface area contributed by atoms with E-state index in [2.05, 4.69) is 16.4 Å². The van der Waals surface area contributed by atoms with E-state index in [-0.39, 0.29) is 23.7 Å². The highest BCUT2D eigenvalue weighted by Crippen LogP contribution is 2.37. The monoisotopic (exact) mass is 522 g/mol. The number of ether oxygens (including phenoxy) is 1. The molecule has 5 rings (SSSR count). The number of aliphatic carboxylic acids is 1. The van der Waals surface area contributed by atoms with E-state index in [1.54, 1.807) is 12.1 Å². The van der Waals surface area contributed by atoms with E-state index in [0.717, 1.165) is 5.56 Å². The molecule has 1 fully saturated rings. The average Bonchev–Trinajstić information content (AvgIpc) is 3.52. The number of hydrogen-bond acceptors (Lipinski definition) is 7. The van der Waals surface area contributed by atoms with Gasteiger partial charge in [0, 0.05) is 18.7 Å². The van der Waals surface area contributed by atoms with Crippen LogP contribution in [0.1, 0.15) is 34.5 Å². The lowest BCUT2D eigenvalue weighted by Gasteiger charge is -2.33. The van der Waals surface area contributed by atoms with Gasteiger partial charge in [-0.3, -0.25) is 9.59 Å². The first kappa shape index (κ1) is 25.5. The highest BCUT2D eigenvalue weighted by molar-refractivity contribution is 6.03. The number of para-hydroxylation sites is 1. The SMILES string of the molecule is N#Cc1c(N2CCCC(C(=O)O)C2)cc(-c2ccccc2OCc2ccccc2)nc1NC(=O)c1ccco1. The number of carboxylic acid groups (broad SMARTS) is 1. The van der Waals surface area contributed by atoms with Crippen LogP contribution in [-0.2, 0) is 11.4 Å². The van der Waals surface area contributed by atoms with E-state index >= 15 is 0 Å². The Morgan fingerprint density at radius 2 is 1.92 bits per heavy atom. The molecule has 1 atom stereocenters. The Hall–Kier alpha value is -5.10. The third-order valence-electron chi connectivity index (χ3n) is 6.60. The molecule has 0 radical (unpaired) electrons. The van der Waals surface area contributed by atoms with Gasteiger partial charge in [0.05, 0.1) is 23.6 Å². The first-order valence-corrected chi connectivity index (χ1v) is 12.6. The highest BCUT2D eigenvalue weighted by Gasteiger charge is 2.29. The van der Waals surface area contributed by atoms with Gasteiger partial charge in [0.1, 0.15) is 24.0 Å². The summed E-state index contributed by atoms with van der Waals surface area (Å²) in [5, 5.41) is 22.5. The smallest absolute Gasteiger partial charge is 0.308 e. The standard InChI is InChI=1S/C30H26N4O5/c31-17-23-25(34-14-6-10-21(18-34)30(36)37)16-24(32-28(23)33-29(35)27-13-7-15-38-27)22-11-4-5-12-26(22)39-19-20-8-2-1-3-9-20/h1-5,7-9,11-13,15-16,21H,6,10,14,18-19H2,(H,36,37)(H,32,33,35). The second-order valence-corrected chi connectivity index (χ2v) is 9.19. The minimum Gasteiger partial charge on any atom is -0.488 e. The first-order chi connectivity index (χ1) is 19.0. The maximum atomic E-state index is 12.9. The van der Waals surface area contributed by atoms with Crippen LogP contribution in [0.4, 0.5) is 11.5 Å². The number of aromatic nitrogens is 1. The minimum atomic E-state index is -0.876. The zero-order valence-electron chi connectivity index (χ0n) is 21.0. The molecular formula is C30H26N4O5. The summed E-state index contributed by atoms with van der Waals surface area (Å²) in [7, 11) is 0. The molecule has 39 heavy (non-hydrogen) atoms. The van der Waals surface area contributed by atoms with Crippen molar-refractivity contribution in [3.05, 3.63) is 95.9 Å². The van der Waals surface area contributed by atoms with Gasteiger partial charge in [-0.05, 0) is 48.7 Å². The van der Waals surface area contributed by atoms with Gasteiger partial charge in [-0.15, -0.1) is 0 Å². The Labute approximate surface area is 225 Å². The fourth-order valence-electron chi connectivity index (χ4n) is 4.63. The minimum absolute atomic E-state index is 0.0571. The summed E-state index contributed by atoms with van der Waals surface area (Å²) >= 11 is 0. The number of furan rings is 1. The van der Waals surface area contributed by atoms with Gasteiger partial charge in [0.2, 0.25) is 0 Å². The van der Waals surface area contributed by atoms with Crippen molar-refractivity contribution in [3.63, 3.8) is 0 Å². The summed E-state index contributed by atoms with van der Waals surface area (Å²) < 4.78 is 11.4. The number of piperidine rings is 1. The molecule has 1 amide bonds. The lowest BCUT2D eigenvalue weighted by molar-refractivity contribution is -0.141. The number of nitriles is 1. The van der Waals surface area contributed by atoms with Crippen LogP contribution in [-0.4, -0.2) is 35.1 Å². The van der Waals surface area contributed by atoms with E-state index in [0.29, 0.717) is 48.7 Å². The van der Waals surface area contributed by atoms with Gasteiger partial charge in [0.25, 0.3) is 5.91 Å². The lowest BCUT2D eigenvalue weighted by atomic mass is 9.96. The average molecular weight is 523 g/mol. The van der Waals surface area contributed by atoms with Crippen molar-refractivity contribution >= 4 is 23.4 Å². The molecule has 1 aliphatic heterocycles. The summed E-state index contributed by atoms with van der Waals surface area (Å²) in [6, 6.07) is 24.2. The lowest BCUT2D eigenvalue weighted by Crippen LogP contribution is -2.39. The van der Waals surface area contributed by atoms with Crippen LogP contribution in [0.2, 0.25) is 0 Å². The van der Waals surface area contributed by atoms with Crippen LogP contribution in [0.3, 0.4) is 0 Å². The predicted molar refractivity (Wildman–Crippen MR) is 144 cm³/mol. The predicted octanol–water partition coefficient (Wildman–Crippen LogP) is 5.35. The van der Waals surface area contributed by atoms with E-state index in [9.17, 15) is 20.0 Å². The maximum Gasteiger partial charge on any atom is 0.308 e. The van der Waals surface area contributed by atoms with E-state index in [1.165, 1.54) is 12.3 Å². The van der Waals surface area contributed by atoms with E-state index in [4.69, 9.17) is 9.15 Å². The number of nitrogens with zero attached hydrogens (tertiary/aromatic N) is 3. The second-order valence-electron chi connectivity index (χ2n) is 9.19. The van der Waals surface area contributed by atoms with Crippen LogP contribution in [0.25, 0.3) is 11.3 Å². The molecule has 1 unspecified atom stereocenters. The molecule has 4 aromatic rings. The van der Waals surface area contributed by atoms with Crippen molar-refractivity contribution in [2.75, 3.05) is 23.3 Å². The van der Waals surface area contributed by atoms with Gasteiger partial charge >= 0.3 is 5.97 Å². The number of anilines is 2. The zero-order valence-corrected chi connectivity index (χ0v) is 21.0. The Kier molecular flexibility index (Phi) is 7.55. The van der Waals surface area contributed by atoms with Crippen molar-refractivity contribution in [1.29, 1.82) is 5.26 Å². The van der Waals surface area contributed by atoms with Crippen LogP contribution < -0.4 is 15.0 Å². The fourth-order valence-corrected chi connectivity index (χ4v) is 4.63. The molecule has 0 saturated carbocycles. The highest BCUT2D eigenvalue weighted by atomic mass is 16.5. The van der Waals surface area contributed by atoms with Crippen LogP contribution in [0.5, 0.6) is 5.75 Å². The Morgan fingerprint density at radius 1 is 1.13 bits per heavy atom. The van der Waals surface area contributed by atoms with Crippen molar-refractivity contribution in [2.45, 2.75) is 19.4 Å².